The highest BCUT2D eigenvalue weighted by Gasteiger charge is 2.31. The Kier molecular flexibility index (Phi) is 11.2. The van der Waals surface area contributed by atoms with E-state index in [1.165, 1.54) is 0 Å². The molecular weight excluding hydrogens is 480 g/mol. The Bertz CT molecular complexity index is 1080. The van der Waals surface area contributed by atoms with Crippen molar-refractivity contribution in [3.63, 3.8) is 0 Å². The van der Waals surface area contributed by atoms with Crippen LogP contribution in [0.1, 0.15) is 105 Å². The van der Waals surface area contributed by atoms with Crippen LogP contribution in [0, 0.1) is 19.8 Å². The second kappa shape index (κ2) is 13.8. The van der Waals surface area contributed by atoms with E-state index in [1.807, 2.05) is 38.1 Å². The molecule has 2 rings (SSSR count). The molecule has 0 radical (unpaired) electrons. The maximum atomic E-state index is 11.9. The van der Waals surface area contributed by atoms with E-state index >= 15 is 0 Å². The highest BCUT2D eigenvalue weighted by atomic mass is 16.5. The topological polar surface area (TPSA) is 93.1 Å². The number of hydrogen-bond acceptors (Lipinski definition) is 6. The third kappa shape index (κ3) is 7.27. The van der Waals surface area contributed by atoms with Crippen LogP contribution in [-0.4, -0.2) is 22.2 Å². The number of rotatable bonds is 13. The smallest absolute Gasteiger partial charge is 0.330 e. The molecule has 0 aromatic heterocycles. The molecule has 2 aromatic rings. The number of esters is 2. The quantitative estimate of drug-likeness (QED) is 0.207. The molecule has 38 heavy (non-hydrogen) atoms. The minimum Gasteiger partial charge on any atom is -0.507 e. The number of aryl methyl sites for hydroxylation is 2. The molecule has 0 aliphatic carbocycles. The largest absolute Gasteiger partial charge is 0.507 e. The molecule has 2 aromatic carbocycles. The first-order valence-electron chi connectivity index (χ1n) is 13.3. The van der Waals surface area contributed by atoms with E-state index in [9.17, 15) is 19.8 Å². The van der Waals surface area contributed by atoms with E-state index < -0.39 is 24.1 Å². The Morgan fingerprint density at radius 2 is 1.26 bits per heavy atom. The number of carbonyl (C=O) groups is 2. The first-order valence-corrected chi connectivity index (χ1v) is 13.3. The lowest BCUT2D eigenvalue weighted by Gasteiger charge is -2.31. The van der Waals surface area contributed by atoms with Crippen molar-refractivity contribution in [1.82, 2.24) is 0 Å². The maximum absolute atomic E-state index is 11.9. The molecule has 6 nitrogen and oxygen atoms in total. The Morgan fingerprint density at radius 1 is 0.842 bits per heavy atom. The Morgan fingerprint density at radius 3 is 1.61 bits per heavy atom. The highest BCUT2D eigenvalue weighted by Crippen LogP contribution is 2.47. The number of aromatic hydroxyl groups is 2. The van der Waals surface area contributed by atoms with Crippen molar-refractivity contribution in [2.24, 2.45) is 5.92 Å². The van der Waals surface area contributed by atoms with Gasteiger partial charge in [-0.05, 0) is 86.6 Å². The van der Waals surface area contributed by atoms with Crippen LogP contribution in [0.15, 0.2) is 49.6 Å². The number of phenolic OH excluding ortho intramolecular Hbond substituents is 2. The predicted octanol–water partition coefficient (Wildman–Crippen LogP) is 7.64. The Hall–Kier alpha value is -3.54. The lowest BCUT2D eigenvalue weighted by atomic mass is 9.74. The third-order valence-electron chi connectivity index (χ3n) is 7.16. The average Bonchev–Trinajstić information content (AvgIpc) is 2.89. The van der Waals surface area contributed by atoms with Gasteiger partial charge in [0, 0.05) is 29.2 Å². The van der Waals surface area contributed by atoms with E-state index in [4.69, 9.17) is 9.47 Å². The van der Waals surface area contributed by atoms with Gasteiger partial charge in [0.15, 0.2) is 0 Å². The van der Waals surface area contributed by atoms with Crippen molar-refractivity contribution in [2.75, 3.05) is 0 Å². The first-order chi connectivity index (χ1) is 18.0. The summed E-state index contributed by atoms with van der Waals surface area (Å²) in [4.78, 5) is 23.8. The van der Waals surface area contributed by atoms with E-state index in [0.717, 1.165) is 49.0 Å². The van der Waals surface area contributed by atoms with Crippen LogP contribution < -0.4 is 0 Å². The zero-order chi connectivity index (χ0) is 28.6. The number of carbonyl (C=O) groups excluding carboxylic acids is 2. The SMILES string of the molecule is C=CC(=O)OC(C)c1cc(C)c(O)c(C(c2cc(C(C)OC(=O)C=C)cc(C)c2O)C(CC)CCCC)c1. The lowest BCUT2D eigenvalue weighted by Crippen LogP contribution is -2.17. The van der Waals surface area contributed by atoms with Gasteiger partial charge in [-0.1, -0.05) is 46.3 Å². The molecule has 0 aliphatic heterocycles. The van der Waals surface area contributed by atoms with Gasteiger partial charge in [-0.3, -0.25) is 0 Å². The predicted molar refractivity (Wildman–Crippen MR) is 150 cm³/mol. The summed E-state index contributed by atoms with van der Waals surface area (Å²) >= 11 is 0. The van der Waals surface area contributed by atoms with Gasteiger partial charge in [-0.15, -0.1) is 0 Å². The van der Waals surface area contributed by atoms with Gasteiger partial charge in [-0.25, -0.2) is 9.59 Å². The van der Waals surface area contributed by atoms with Crippen LogP contribution in [0.5, 0.6) is 11.5 Å². The lowest BCUT2D eigenvalue weighted by molar-refractivity contribution is -0.143. The second-order valence-corrected chi connectivity index (χ2v) is 9.91. The molecule has 0 bridgehead atoms. The van der Waals surface area contributed by atoms with Crippen molar-refractivity contribution >= 4 is 11.9 Å². The first kappa shape index (κ1) is 30.7. The van der Waals surface area contributed by atoms with E-state index in [0.29, 0.717) is 22.3 Å². The van der Waals surface area contributed by atoms with Gasteiger partial charge in [-0.2, -0.15) is 0 Å². The molecule has 0 saturated heterocycles. The third-order valence-corrected chi connectivity index (χ3v) is 7.16. The maximum Gasteiger partial charge on any atom is 0.330 e. The zero-order valence-corrected chi connectivity index (χ0v) is 23.5. The summed E-state index contributed by atoms with van der Waals surface area (Å²) in [6.45, 7) is 18.4. The molecule has 0 fully saturated rings. The fourth-order valence-electron chi connectivity index (χ4n) is 4.94. The molecule has 206 valence electrons. The van der Waals surface area contributed by atoms with Gasteiger partial charge < -0.3 is 19.7 Å². The van der Waals surface area contributed by atoms with Crippen molar-refractivity contribution < 1.29 is 29.3 Å². The van der Waals surface area contributed by atoms with Gasteiger partial charge >= 0.3 is 11.9 Å². The number of phenols is 2. The van der Waals surface area contributed by atoms with Crippen LogP contribution in [0.2, 0.25) is 0 Å². The average molecular weight is 523 g/mol. The number of unbranched alkanes of at least 4 members (excludes halogenated alkanes) is 1. The summed E-state index contributed by atoms with van der Waals surface area (Å²) in [5, 5.41) is 22.7. The van der Waals surface area contributed by atoms with Crippen LogP contribution in [0.3, 0.4) is 0 Å². The minimum absolute atomic E-state index is 0.105. The zero-order valence-electron chi connectivity index (χ0n) is 23.5. The Balaban J connectivity index is 2.79. The van der Waals surface area contributed by atoms with E-state index in [-0.39, 0.29) is 23.3 Å². The standard InChI is InChI=1S/C32H42O6/c1-9-13-14-23(10-2)30(26-17-24(15-19(5)31(26)35)21(7)37-28(33)11-3)27-18-25(16-20(6)32(27)36)22(8)38-29(34)12-4/h11-12,15-18,21-23,30,35-36H,3-4,9-10,13-14H2,1-2,5-8H3. The molecule has 0 saturated carbocycles. The molecule has 6 heteroatoms. The van der Waals surface area contributed by atoms with Crippen molar-refractivity contribution in [2.45, 2.75) is 85.4 Å². The molecular formula is C32H42O6. The van der Waals surface area contributed by atoms with Crippen LogP contribution in [-0.2, 0) is 19.1 Å². The fraction of sp³-hybridized carbons (Fsp3) is 0.438. The summed E-state index contributed by atoms with van der Waals surface area (Å²) in [5.74, 6) is -1.02. The van der Waals surface area contributed by atoms with Crippen LogP contribution >= 0.6 is 0 Å². The summed E-state index contributed by atoms with van der Waals surface area (Å²) in [7, 11) is 0. The molecule has 3 atom stereocenters. The van der Waals surface area contributed by atoms with E-state index in [2.05, 4.69) is 27.0 Å². The van der Waals surface area contributed by atoms with Crippen LogP contribution in [0.4, 0.5) is 0 Å². The van der Waals surface area contributed by atoms with Crippen molar-refractivity contribution in [3.8, 4) is 11.5 Å². The summed E-state index contributed by atoms with van der Waals surface area (Å²) in [6.07, 6.45) is 4.85. The fourth-order valence-corrected chi connectivity index (χ4v) is 4.94. The number of ether oxygens (including phenoxy) is 2. The molecule has 0 aliphatic rings. The molecule has 2 N–H and O–H groups in total. The molecule has 0 spiro atoms. The molecule has 0 amide bonds. The van der Waals surface area contributed by atoms with Gasteiger partial charge in [0.25, 0.3) is 0 Å². The minimum atomic E-state index is -0.560. The molecule has 0 heterocycles. The number of benzene rings is 2. The monoisotopic (exact) mass is 522 g/mol. The molecule has 3 unspecified atom stereocenters. The summed E-state index contributed by atoms with van der Waals surface area (Å²) < 4.78 is 10.9. The van der Waals surface area contributed by atoms with E-state index in [1.54, 1.807) is 13.8 Å². The van der Waals surface area contributed by atoms with Crippen LogP contribution in [0.25, 0.3) is 0 Å². The van der Waals surface area contributed by atoms with Gasteiger partial charge in [0.05, 0.1) is 0 Å². The Labute approximate surface area is 227 Å². The normalized spacial score (nSPS) is 14.2. The van der Waals surface area contributed by atoms with Gasteiger partial charge in [0.2, 0.25) is 0 Å². The van der Waals surface area contributed by atoms with Gasteiger partial charge in [0.1, 0.15) is 23.7 Å². The summed E-state index contributed by atoms with van der Waals surface area (Å²) in [5.41, 5.74) is 4.09. The number of hydrogen-bond donors (Lipinski definition) is 2. The van der Waals surface area contributed by atoms with Crippen molar-refractivity contribution in [3.05, 3.63) is 83.0 Å². The van der Waals surface area contributed by atoms with Crippen molar-refractivity contribution in [1.29, 1.82) is 0 Å². The second-order valence-electron chi connectivity index (χ2n) is 9.91. The highest BCUT2D eigenvalue weighted by molar-refractivity contribution is 5.81. The summed E-state index contributed by atoms with van der Waals surface area (Å²) in [6, 6.07) is 7.35.